The minimum atomic E-state index is -0.449. The lowest BCUT2D eigenvalue weighted by molar-refractivity contribution is -0.134. The molecule has 0 radical (unpaired) electrons. The molecule has 3 rings (SSSR count). The Morgan fingerprint density at radius 2 is 2.19 bits per heavy atom. The van der Waals surface area contributed by atoms with E-state index in [2.05, 4.69) is 15.5 Å². The molecule has 2 aliphatic heterocycles. The highest BCUT2D eigenvalue weighted by Gasteiger charge is 2.32. The van der Waals surface area contributed by atoms with Gasteiger partial charge in [-0.25, -0.2) is 0 Å². The molecule has 2 saturated heterocycles. The molecular formula is C19H27N3O4. The van der Waals surface area contributed by atoms with E-state index in [1.165, 1.54) is 0 Å². The summed E-state index contributed by atoms with van der Waals surface area (Å²) in [5.74, 6) is 0.633. The number of amides is 2. The van der Waals surface area contributed by atoms with Crippen LogP contribution >= 0.6 is 0 Å². The number of rotatable bonds is 6. The van der Waals surface area contributed by atoms with Gasteiger partial charge >= 0.3 is 0 Å². The summed E-state index contributed by atoms with van der Waals surface area (Å²) in [6.07, 6.45) is 1.83. The summed E-state index contributed by atoms with van der Waals surface area (Å²) in [5, 5.41) is 5.92. The van der Waals surface area contributed by atoms with Crippen LogP contribution in [0.5, 0.6) is 5.75 Å². The van der Waals surface area contributed by atoms with E-state index in [1.54, 1.807) is 7.11 Å². The van der Waals surface area contributed by atoms with Crippen molar-refractivity contribution in [3.05, 3.63) is 29.8 Å². The zero-order valence-corrected chi connectivity index (χ0v) is 15.2. The summed E-state index contributed by atoms with van der Waals surface area (Å²) in [4.78, 5) is 26.9. The molecule has 1 aromatic carbocycles. The molecule has 7 heteroatoms. The molecular weight excluding hydrogens is 334 g/mol. The van der Waals surface area contributed by atoms with Crippen molar-refractivity contribution in [3.63, 3.8) is 0 Å². The highest BCUT2D eigenvalue weighted by atomic mass is 16.5. The maximum absolute atomic E-state index is 12.4. The molecule has 2 N–H and O–H groups in total. The van der Waals surface area contributed by atoms with Gasteiger partial charge in [0.15, 0.2) is 0 Å². The molecule has 0 spiro atoms. The van der Waals surface area contributed by atoms with Gasteiger partial charge in [-0.15, -0.1) is 0 Å². The van der Waals surface area contributed by atoms with E-state index in [0.717, 1.165) is 30.7 Å². The van der Waals surface area contributed by atoms with Gasteiger partial charge in [-0.1, -0.05) is 12.1 Å². The van der Waals surface area contributed by atoms with Crippen LogP contribution in [0.4, 0.5) is 0 Å². The summed E-state index contributed by atoms with van der Waals surface area (Å²) >= 11 is 0. The van der Waals surface area contributed by atoms with Crippen molar-refractivity contribution in [2.75, 3.05) is 33.4 Å². The lowest BCUT2D eigenvalue weighted by Gasteiger charge is -2.35. The van der Waals surface area contributed by atoms with Gasteiger partial charge in [0.2, 0.25) is 11.8 Å². The van der Waals surface area contributed by atoms with Crippen molar-refractivity contribution >= 4 is 11.8 Å². The standard InChI is InChI=1S/C19H27N3O4/c1-25-16-4-2-3-14(11-16)13-22-8-7-20-19(24)17(22)12-18(23)21-15-5-9-26-10-6-15/h2-4,11,15,17H,5-10,12-13H2,1H3,(H,20,24)(H,21,23)/t17-/m0/s1. The summed E-state index contributed by atoms with van der Waals surface area (Å²) in [7, 11) is 1.64. The van der Waals surface area contributed by atoms with Crippen LogP contribution in [-0.2, 0) is 20.9 Å². The Hall–Kier alpha value is -2.12. The van der Waals surface area contributed by atoms with Crippen molar-refractivity contribution in [1.82, 2.24) is 15.5 Å². The third-order valence-corrected chi connectivity index (χ3v) is 4.93. The first-order valence-electron chi connectivity index (χ1n) is 9.17. The number of piperazine rings is 1. The Balaban J connectivity index is 1.61. The van der Waals surface area contributed by atoms with Crippen molar-refractivity contribution in [3.8, 4) is 5.75 Å². The molecule has 0 aliphatic carbocycles. The first-order valence-corrected chi connectivity index (χ1v) is 9.17. The van der Waals surface area contributed by atoms with Gasteiger partial charge in [0.1, 0.15) is 5.75 Å². The Morgan fingerprint density at radius 3 is 2.96 bits per heavy atom. The lowest BCUT2D eigenvalue weighted by atomic mass is 10.0. The SMILES string of the molecule is COc1cccc(CN2CCNC(=O)[C@@H]2CC(=O)NC2CCOCC2)c1. The topological polar surface area (TPSA) is 79.9 Å². The number of carbonyl (C=O) groups excluding carboxylic acids is 2. The third-order valence-electron chi connectivity index (χ3n) is 4.93. The highest BCUT2D eigenvalue weighted by Crippen LogP contribution is 2.18. The maximum atomic E-state index is 12.4. The summed E-state index contributed by atoms with van der Waals surface area (Å²) < 4.78 is 10.6. The van der Waals surface area contributed by atoms with Crippen LogP contribution in [0.1, 0.15) is 24.8 Å². The number of nitrogens with zero attached hydrogens (tertiary/aromatic N) is 1. The first kappa shape index (κ1) is 18.7. The number of hydrogen-bond acceptors (Lipinski definition) is 5. The molecule has 1 atom stereocenters. The van der Waals surface area contributed by atoms with E-state index in [1.807, 2.05) is 24.3 Å². The van der Waals surface area contributed by atoms with Gasteiger partial charge in [0.05, 0.1) is 19.6 Å². The second-order valence-electron chi connectivity index (χ2n) is 6.79. The predicted octanol–water partition coefficient (Wildman–Crippen LogP) is 0.681. The average Bonchev–Trinajstić information content (AvgIpc) is 2.65. The van der Waals surface area contributed by atoms with Gasteiger partial charge in [-0.2, -0.15) is 0 Å². The van der Waals surface area contributed by atoms with Crippen LogP contribution in [0, 0.1) is 0 Å². The third kappa shape index (κ3) is 4.95. The fourth-order valence-corrected chi connectivity index (χ4v) is 3.48. The van der Waals surface area contributed by atoms with Crippen molar-refractivity contribution in [2.45, 2.75) is 37.9 Å². The molecule has 0 saturated carbocycles. The Morgan fingerprint density at radius 1 is 1.38 bits per heavy atom. The van der Waals surface area contributed by atoms with Gasteiger partial charge in [-0.05, 0) is 30.5 Å². The van der Waals surface area contributed by atoms with Gasteiger partial charge < -0.3 is 20.1 Å². The van der Waals surface area contributed by atoms with E-state index < -0.39 is 6.04 Å². The fraction of sp³-hybridized carbons (Fsp3) is 0.579. The van der Waals surface area contributed by atoms with E-state index in [-0.39, 0.29) is 24.3 Å². The van der Waals surface area contributed by atoms with E-state index in [4.69, 9.17) is 9.47 Å². The Labute approximate surface area is 154 Å². The number of benzene rings is 1. The van der Waals surface area contributed by atoms with Crippen LogP contribution in [-0.4, -0.2) is 62.2 Å². The monoisotopic (exact) mass is 361 g/mol. The molecule has 0 bridgehead atoms. The molecule has 2 heterocycles. The largest absolute Gasteiger partial charge is 0.497 e. The molecule has 2 aliphatic rings. The minimum Gasteiger partial charge on any atom is -0.497 e. The molecule has 7 nitrogen and oxygen atoms in total. The second-order valence-corrected chi connectivity index (χ2v) is 6.79. The van der Waals surface area contributed by atoms with Gasteiger partial charge in [-0.3, -0.25) is 14.5 Å². The zero-order chi connectivity index (χ0) is 18.4. The van der Waals surface area contributed by atoms with E-state index in [0.29, 0.717) is 26.3 Å². The zero-order valence-electron chi connectivity index (χ0n) is 15.2. The normalized spacial score (nSPS) is 21.9. The minimum absolute atomic E-state index is 0.0745. The molecule has 0 unspecified atom stereocenters. The predicted molar refractivity (Wildman–Crippen MR) is 96.8 cm³/mol. The number of nitrogens with one attached hydrogen (secondary N) is 2. The fourth-order valence-electron chi connectivity index (χ4n) is 3.48. The highest BCUT2D eigenvalue weighted by molar-refractivity contribution is 5.88. The quantitative estimate of drug-likeness (QED) is 0.779. The van der Waals surface area contributed by atoms with E-state index in [9.17, 15) is 9.59 Å². The molecule has 0 aromatic heterocycles. The first-order chi connectivity index (χ1) is 12.7. The van der Waals surface area contributed by atoms with E-state index >= 15 is 0 Å². The van der Waals surface area contributed by atoms with Crippen LogP contribution in [0.15, 0.2) is 24.3 Å². The van der Waals surface area contributed by atoms with Crippen LogP contribution in [0.25, 0.3) is 0 Å². The Kier molecular flexibility index (Phi) is 6.46. The Bertz CT molecular complexity index is 631. The second kappa shape index (κ2) is 9.00. The number of methoxy groups -OCH3 is 1. The smallest absolute Gasteiger partial charge is 0.237 e. The summed E-state index contributed by atoms with van der Waals surface area (Å²) in [5.41, 5.74) is 1.06. The maximum Gasteiger partial charge on any atom is 0.237 e. The van der Waals surface area contributed by atoms with Crippen molar-refractivity contribution in [2.24, 2.45) is 0 Å². The summed E-state index contributed by atoms with van der Waals surface area (Å²) in [6, 6.07) is 7.50. The van der Waals surface area contributed by atoms with Crippen LogP contribution in [0.3, 0.4) is 0 Å². The lowest BCUT2D eigenvalue weighted by Crippen LogP contribution is -2.56. The van der Waals surface area contributed by atoms with Crippen LogP contribution < -0.4 is 15.4 Å². The summed E-state index contributed by atoms with van der Waals surface area (Å²) in [6.45, 7) is 3.28. The molecule has 1 aromatic rings. The number of ether oxygens (including phenoxy) is 2. The number of carbonyl (C=O) groups is 2. The average molecular weight is 361 g/mol. The molecule has 26 heavy (non-hydrogen) atoms. The molecule has 2 fully saturated rings. The van der Waals surface area contributed by atoms with Gasteiger partial charge in [0.25, 0.3) is 0 Å². The molecule has 2 amide bonds. The molecule has 142 valence electrons. The van der Waals surface area contributed by atoms with Gasteiger partial charge in [0, 0.05) is 38.9 Å². The van der Waals surface area contributed by atoms with Crippen molar-refractivity contribution < 1.29 is 19.1 Å². The van der Waals surface area contributed by atoms with Crippen LogP contribution in [0.2, 0.25) is 0 Å². The number of hydrogen-bond donors (Lipinski definition) is 2. The van der Waals surface area contributed by atoms with Crippen molar-refractivity contribution in [1.29, 1.82) is 0 Å².